The standard InChI is InChI=1S/C40H62N4O2S2/c1-9-43(10-2,11-3)25-17-15-23-41-33-21-19-31(45-7)27-37(33)47-39-30-36-40(29-35(39)41)48-38-28-32(46-8)20-22-34(38)42(36)24-16-18-26-44(12-4,13-5)14-6/h19-22,27-30,37-38H,9-18,23-26H2,1-8H3/q+4. The second kappa shape index (κ2) is 16.6. The summed E-state index contributed by atoms with van der Waals surface area (Å²) in [6.45, 7) is 26.0. The summed E-state index contributed by atoms with van der Waals surface area (Å²) < 4.78 is 19.1. The predicted molar refractivity (Wildman–Crippen MR) is 206 cm³/mol. The molecule has 0 fully saturated rings. The largest absolute Gasteiger partial charge is 0.497 e. The Balaban J connectivity index is 1.48. The van der Waals surface area contributed by atoms with Crippen LogP contribution < -0.4 is 0 Å². The smallest absolute Gasteiger partial charge is 0.220 e. The number of unbranched alkanes of at least 4 members (excludes halogenated alkanes) is 2. The fourth-order valence-corrected chi connectivity index (χ4v) is 10.5. The van der Waals surface area contributed by atoms with Gasteiger partial charge in [0.1, 0.15) is 35.1 Å². The normalized spacial score (nSPS) is 20.2. The quantitative estimate of drug-likeness (QED) is 0.0877. The zero-order valence-corrected chi connectivity index (χ0v) is 32.7. The van der Waals surface area contributed by atoms with Crippen molar-refractivity contribution in [2.45, 2.75) is 87.5 Å². The van der Waals surface area contributed by atoms with Gasteiger partial charge in [-0.15, -0.1) is 23.5 Å². The number of fused-ring (bicyclic) bond motifs is 4. The number of nitrogens with zero attached hydrogens (tertiary/aromatic N) is 4. The summed E-state index contributed by atoms with van der Waals surface area (Å²) in [5.74, 6) is 1.91. The second-order valence-electron chi connectivity index (χ2n) is 13.7. The van der Waals surface area contributed by atoms with E-state index in [-0.39, 0.29) is 10.5 Å². The Morgan fingerprint density at radius 1 is 0.562 bits per heavy atom. The van der Waals surface area contributed by atoms with Crippen molar-refractivity contribution in [2.24, 2.45) is 0 Å². The lowest BCUT2D eigenvalue weighted by Crippen LogP contribution is -2.48. The van der Waals surface area contributed by atoms with Crippen LogP contribution in [0.2, 0.25) is 0 Å². The molecule has 2 aliphatic heterocycles. The zero-order chi connectivity index (χ0) is 34.3. The number of thioether (sulfide) groups is 2. The van der Waals surface area contributed by atoms with Crippen LogP contribution in [0.15, 0.2) is 69.9 Å². The molecular weight excluding hydrogens is 633 g/mol. The summed E-state index contributed by atoms with van der Waals surface area (Å²) in [5.41, 5.74) is 5.49. The van der Waals surface area contributed by atoms with E-state index < -0.39 is 0 Å². The Hall–Kier alpha value is -2.26. The zero-order valence-electron chi connectivity index (χ0n) is 31.1. The Labute approximate surface area is 300 Å². The van der Waals surface area contributed by atoms with Crippen molar-refractivity contribution in [1.82, 2.24) is 0 Å². The maximum atomic E-state index is 5.71. The molecule has 4 aliphatic rings. The molecule has 6 nitrogen and oxygen atoms in total. The number of benzene rings is 1. The molecule has 8 heteroatoms. The molecule has 0 aromatic heterocycles. The molecule has 0 amide bonds. The molecule has 2 unspecified atom stereocenters. The average molecular weight is 695 g/mol. The molecule has 0 bridgehead atoms. The number of allylic oxidation sites excluding steroid dienone is 4. The van der Waals surface area contributed by atoms with Gasteiger partial charge in [-0.05, 0) is 65.8 Å². The van der Waals surface area contributed by atoms with Crippen molar-refractivity contribution in [2.75, 3.05) is 79.7 Å². The van der Waals surface area contributed by atoms with Crippen LogP contribution in [-0.2, 0) is 9.47 Å². The highest BCUT2D eigenvalue weighted by molar-refractivity contribution is 8.01. The van der Waals surface area contributed by atoms with Gasteiger partial charge in [-0.1, -0.05) is 0 Å². The van der Waals surface area contributed by atoms with E-state index in [9.17, 15) is 0 Å². The van der Waals surface area contributed by atoms with Crippen LogP contribution in [-0.4, -0.2) is 120 Å². The van der Waals surface area contributed by atoms with Crippen LogP contribution in [0.5, 0.6) is 0 Å². The van der Waals surface area contributed by atoms with E-state index >= 15 is 0 Å². The molecule has 2 heterocycles. The third-order valence-corrected chi connectivity index (χ3v) is 14.3. The first kappa shape index (κ1) is 37.0. The molecule has 0 radical (unpaired) electrons. The first-order valence-corrected chi connectivity index (χ1v) is 20.5. The molecular formula is C40H62N4O2S2+4. The summed E-state index contributed by atoms with van der Waals surface area (Å²) in [5, 5.41) is 0.504. The van der Waals surface area contributed by atoms with Crippen LogP contribution in [0.25, 0.3) is 0 Å². The number of rotatable bonds is 18. The number of ether oxygens (including phenoxy) is 2. The summed E-state index contributed by atoms with van der Waals surface area (Å²) in [4.78, 5) is 2.75. The number of hydrogen-bond acceptors (Lipinski definition) is 4. The molecule has 0 spiro atoms. The monoisotopic (exact) mass is 694 g/mol. The van der Waals surface area contributed by atoms with Crippen molar-refractivity contribution in [1.29, 1.82) is 0 Å². The lowest BCUT2D eigenvalue weighted by atomic mass is 10.1. The van der Waals surface area contributed by atoms with Gasteiger partial charge >= 0.3 is 0 Å². The van der Waals surface area contributed by atoms with Crippen molar-refractivity contribution in [3.05, 3.63) is 60.1 Å². The van der Waals surface area contributed by atoms with Gasteiger partial charge in [-0.25, -0.2) is 0 Å². The van der Waals surface area contributed by atoms with E-state index in [2.05, 4.69) is 99.3 Å². The average Bonchev–Trinajstić information content (AvgIpc) is 3.13. The minimum Gasteiger partial charge on any atom is -0.497 e. The van der Waals surface area contributed by atoms with Gasteiger partial charge in [0.2, 0.25) is 11.4 Å². The highest BCUT2D eigenvalue weighted by Gasteiger charge is 2.41. The Morgan fingerprint density at radius 2 is 0.938 bits per heavy atom. The highest BCUT2D eigenvalue weighted by Crippen LogP contribution is 2.48. The van der Waals surface area contributed by atoms with Gasteiger partial charge in [-0.3, -0.25) is 0 Å². The Morgan fingerprint density at radius 3 is 1.27 bits per heavy atom. The summed E-state index contributed by atoms with van der Waals surface area (Å²) in [6, 6.07) is 5.02. The minimum absolute atomic E-state index is 0.252. The first-order chi connectivity index (χ1) is 23.3. The number of quaternary nitrogens is 2. The van der Waals surface area contributed by atoms with Crippen LogP contribution in [0.1, 0.15) is 67.2 Å². The van der Waals surface area contributed by atoms with Gasteiger partial charge in [0.25, 0.3) is 0 Å². The van der Waals surface area contributed by atoms with Gasteiger partial charge in [-0.2, -0.15) is 9.15 Å². The number of methoxy groups -OCH3 is 2. The van der Waals surface area contributed by atoms with Crippen LogP contribution >= 0.6 is 23.5 Å². The second-order valence-corrected chi connectivity index (χ2v) is 16.0. The summed E-state index contributed by atoms with van der Waals surface area (Å²) in [7, 11) is 3.57. The fourth-order valence-electron chi connectivity index (χ4n) is 7.98. The lowest BCUT2D eigenvalue weighted by molar-refractivity contribution is -0.923. The first-order valence-electron chi connectivity index (χ1n) is 18.7. The summed E-state index contributed by atoms with van der Waals surface area (Å²) in [6.07, 6.45) is 18.4. The molecule has 0 saturated carbocycles. The predicted octanol–water partition coefficient (Wildman–Crippen LogP) is 8.32. The van der Waals surface area contributed by atoms with E-state index in [0.717, 1.165) is 24.6 Å². The van der Waals surface area contributed by atoms with Crippen molar-refractivity contribution < 1.29 is 27.6 Å². The van der Waals surface area contributed by atoms with E-state index in [1.807, 2.05) is 23.5 Å². The van der Waals surface area contributed by atoms with Crippen molar-refractivity contribution in [3.8, 4) is 0 Å². The summed E-state index contributed by atoms with van der Waals surface area (Å²) >= 11 is 3.96. The molecule has 0 saturated heterocycles. The topological polar surface area (TPSA) is 24.5 Å². The van der Waals surface area contributed by atoms with Gasteiger partial charge in [0.05, 0.1) is 76.4 Å². The molecule has 48 heavy (non-hydrogen) atoms. The molecule has 2 aliphatic carbocycles. The minimum atomic E-state index is 0.252. The van der Waals surface area contributed by atoms with Crippen molar-refractivity contribution in [3.63, 3.8) is 0 Å². The van der Waals surface area contributed by atoms with Gasteiger partial charge in [0, 0.05) is 50.0 Å². The van der Waals surface area contributed by atoms with Crippen LogP contribution in [0.4, 0.5) is 11.4 Å². The molecule has 262 valence electrons. The van der Waals surface area contributed by atoms with E-state index in [4.69, 9.17) is 9.47 Å². The molecule has 1 aromatic carbocycles. The third-order valence-electron chi connectivity index (χ3n) is 11.8. The lowest BCUT2D eigenvalue weighted by Gasteiger charge is -2.35. The number of hydrogen-bond donors (Lipinski definition) is 0. The van der Waals surface area contributed by atoms with Crippen molar-refractivity contribution >= 4 is 46.3 Å². The highest BCUT2D eigenvalue weighted by atomic mass is 32.2. The van der Waals surface area contributed by atoms with Crippen LogP contribution in [0.3, 0.4) is 0 Å². The SMILES string of the molecule is CC[N+](CC)(CC)CCCC[N+]1=C2C=CC(OC)=CC2Sc2cc3c(cc21)SC1C=C(OC)C=CC1=[N+]3CCCC[N+](CC)(CC)CC. The van der Waals surface area contributed by atoms with E-state index in [1.54, 1.807) is 14.2 Å². The molecule has 5 rings (SSSR count). The molecule has 2 atom stereocenters. The van der Waals surface area contributed by atoms with E-state index in [0.29, 0.717) is 0 Å². The maximum absolute atomic E-state index is 5.71. The Kier molecular flexibility index (Phi) is 12.8. The van der Waals surface area contributed by atoms with Crippen LogP contribution in [0, 0.1) is 0 Å². The maximum Gasteiger partial charge on any atom is 0.220 e. The fraction of sp³-hybridized carbons (Fsp3) is 0.600. The van der Waals surface area contributed by atoms with Gasteiger partial charge in [0.15, 0.2) is 11.4 Å². The van der Waals surface area contributed by atoms with E-state index in [1.165, 1.54) is 120 Å². The Bertz CT molecular complexity index is 1370. The molecule has 1 aromatic rings. The third kappa shape index (κ3) is 7.72. The van der Waals surface area contributed by atoms with Gasteiger partial charge < -0.3 is 18.4 Å². The molecule has 0 N–H and O–H groups in total.